The van der Waals surface area contributed by atoms with Crippen LogP contribution in [0.15, 0.2) is 30.3 Å². The number of hydrogen-bond donors (Lipinski definition) is 0. The van der Waals surface area contributed by atoms with Gasteiger partial charge in [-0.15, -0.1) is 11.3 Å². The molecule has 4 heteroatoms. The zero-order chi connectivity index (χ0) is 17.8. The number of ether oxygens (including phenoxy) is 1. The molecule has 1 aromatic heterocycles. The predicted molar refractivity (Wildman–Crippen MR) is 101 cm³/mol. The van der Waals surface area contributed by atoms with Gasteiger partial charge in [0.1, 0.15) is 4.88 Å². The molecule has 2 aromatic rings. The normalized spacial score (nSPS) is 15.1. The van der Waals surface area contributed by atoms with Gasteiger partial charge < -0.3 is 4.74 Å². The Morgan fingerprint density at radius 3 is 2.56 bits per heavy atom. The summed E-state index contributed by atoms with van der Waals surface area (Å²) >= 11 is 1.53. The van der Waals surface area contributed by atoms with Gasteiger partial charge in [-0.2, -0.15) is 0 Å². The molecule has 0 saturated heterocycles. The number of fused-ring (bicyclic) bond motifs is 1. The number of carbonyl (C=O) groups excluding carboxylic acids is 2. The van der Waals surface area contributed by atoms with Crippen molar-refractivity contribution in [2.45, 2.75) is 58.5 Å². The Bertz CT molecular complexity index is 734. The first kappa shape index (κ1) is 17.9. The quantitative estimate of drug-likeness (QED) is 0.430. The maximum Gasteiger partial charge on any atom is 0.349 e. The molecule has 0 bridgehead atoms. The summed E-state index contributed by atoms with van der Waals surface area (Å²) in [7, 11) is 0. The molecule has 0 aliphatic heterocycles. The van der Waals surface area contributed by atoms with Crippen LogP contribution < -0.4 is 0 Å². The molecule has 0 saturated carbocycles. The van der Waals surface area contributed by atoms with E-state index < -0.39 is 6.10 Å². The van der Waals surface area contributed by atoms with E-state index in [1.54, 1.807) is 19.1 Å². The van der Waals surface area contributed by atoms with E-state index in [4.69, 9.17) is 4.74 Å². The second-order valence-corrected chi connectivity index (χ2v) is 7.72. The second-order valence-electron chi connectivity index (χ2n) is 6.58. The van der Waals surface area contributed by atoms with Crippen molar-refractivity contribution in [2.24, 2.45) is 0 Å². The Morgan fingerprint density at radius 2 is 1.84 bits per heavy atom. The number of esters is 1. The van der Waals surface area contributed by atoms with Crippen molar-refractivity contribution >= 4 is 23.1 Å². The Kier molecular flexibility index (Phi) is 5.69. The summed E-state index contributed by atoms with van der Waals surface area (Å²) in [4.78, 5) is 26.8. The van der Waals surface area contributed by atoms with E-state index in [9.17, 15) is 9.59 Å². The lowest BCUT2D eigenvalue weighted by Crippen LogP contribution is -2.24. The molecule has 1 heterocycles. The number of aryl methyl sites for hydroxylation is 3. The summed E-state index contributed by atoms with van der Waals surface area (Å²) in [6.45, 7) is 3.72. The standard InChI is InChI=1S/C21H24O3S/c1-3-15-9-11-16(12-10-15)20(22)14(2)24-21(23)19-13-17-7-5-4-6-8-18(17)25-19/h9-14H,3-8H2,1-2H3/t14-/m1/s1. The molecule has 0 spiro atoms. The highest BCUT2D eigenvalue weighted by molar-refractivity contribution is 7.14. The molecule has 3 nitrogen and oxygen atoms in total. The van der Waals surface area contributed by atoms with Gasteiger partial charge in [-0.05, 0) is 56.2 Å². The molecule has 1 aromatic carbocycles. The fourth-order valence-corrected chi connectivity index (χ4v) is 4.32. The van der Waals surface area contributed by atoms with Crippen LogP contribution in [0.3, 0.4) is 0 Å². The summed E-state index contributed by atoms with van der Waals surface area (Å²) in [5.74, 6) is -0.543. The third kappa shape index (κ3) is 4.18. The number of thiophene rings is 1. The highest BCUT2D eigenvalue weighted by atomic mass is 32.1. The Morgan fingerprint density at radius 1 is 1.12 bits per heavy atom. The fourth-order valence-electron chi connectivity index (χ4n) is 3.18. The molecule has 132 valence electrons. The van der Waals surface area contributed by atoms with E-state index in [-0.39, 0.29) is 11.8 Å². The van der Waals surface area contributed by atoms with E-state index >= 15 is 0 Å². The topological polar surface area (TPSA) is 43.4 Å². The minimum Gasteiger partial charge on any atom is -0.450 e. The molecule has 0 unspecified atom stereocenters. The van der Waals surface area contributed by atoms with Crippen LogP contribution in [-0.2, 0) is 24.0 Å². The number of ketones is 1. The molecular formula is C21H24O3S. The lowest BCUT2D eigenvalue weighted by molar-refractivity contribution is 0.0323. The van der Waals surface area contributed by atoms with Gasteiger partial charge in [0, 0.05) is 10.4 Å². The molecule has 1 aliphatic rings. The van der Waals surface area contributed by atoms with E-state index in [0.717, 1.165) is 19.3 Å². The first-order chi connectivity index (χ1) is 12.1. The second kappa shape index (κ2) is 7.96. The number of carbonyl (C=O) groups is 2. The van der Waals surface area contributed by atoms with Crippen LogP contribution >= 0.6 is 11.3 Å². The summed E-state index contributed by atoms with van der Waals surface area (Å²) < 4.78 is 5.44. The summed E-state index contributed by atoms with van der Waals surface area (Å²) in [5.41, 5.74) is 3.05. The van der Waals surface area contributed by atoms with Crippen LogP contribution in [0.5, 0.6) is 0 Å². The Hall–Kier alpha value is -1.94. The Labute approximate surface area is 153 Å². The van der Waals surface area contributed by atoms with Gasteiger partial charge in [-0.1, -0.05) is 37.6 Å². The first-order valence-corrected chi connectivity index (χ1v) is 9.86. The monoisotopic (exact) mass is 356 g/mol. The third-order valence-corrected chi connectivity index (χ3v) is 5.96. The average Bonchev–Trinajstić information content (AvgIpc) is 2.92. The van der Waals surface area contributed by atoms with Crippen molar-refractivity contribution in [1.82, 2.24) is 0 Å². The van der Waals surface area contributed by atoms with Crippen LogP contribution in [-0.4, -0.2) is 17.9 Å². The van der Waals surface area contributed by atoms with Gasteiger partial charge in [0.2, 0.25) is 5.78 Å². The van der Waals surface area contributed by atoms with E-state index in [0.29, 0.717) is 10.4 Å². The van der Waals surface area contributed by atoms with Crippen LogP contribution in [0.2, 0.25) is 0 Å². The van der Waals surface area contributed by atoms with Gasteiger partial charge in [0.05, 0.1) is 0 Å². The van der Waals surface area contributed by atoms with E-state index in [1.165, 1.54) is 46.6 Å². The van der Waals surface area contributed by atoms with Crippen molar-refractivity contribution < 1.29 is 14.3 Å². The maximum absolute atomic E-state index is 12.5. The highest BCUT2D eigenvalue weighted by Crippen LogP contribution is 2.29. The lowest BCUT2D eigenvalue weighted by Gasteiger charge is -2.12. The van der Waals surface area contributed by atoms with Crippen molar-refractivity contribution in [3.63, 3.8) is 0 Å². The molecule has 1 aliphatic carbocycles. The predicted octanol–water partition coefficient (Wildman–Crippen LogP) is 5.01. The Balaban J connectivity index is 1.66. The molecule has 0 radical (unpaired) electrons. The molecular weight excluding hydrogens is 332 g/mol. The molecule has 0 amide bonds. The molecule has 0 fully saturated rings. The van der Waals surface area contributed by atoms with E-state index in [1.807, 2.05) is 18.2 Å². The van der Waals surface area contributed by atoms with Crippen LogP contribution in [0.25, 0.3) is 0 Å². The van der Waals surface area contributed by atoms with Crippen molar-refractivity contribution in [3.8, 4) is 0 Å². The van der Waals surface area contributed by atoms with Gasteiger partial charge in [0.15, 0.2) is 6.10 Å². The fraction of sp³-hybridized carbons (Fsp3) is 0.429. The minimum absolute atomic E-state index is 0.158. The van der Waals surface area contributed by atoms with Crippen LogP contribution in [0, 0.1) is 0 Å². The largest absolute Gasteiger partial charge is 0.450 e. The molecule has 25 heavy (non-hydrogen) atoms. The van der Waals surface area contributed by atoms with Crippen molar-refractivity contribution in [2.75, 3.05) is 0 Å². The lowest BCUT2D eigenvalue weighted by atomic mass is 10.0. The van der Waals surface area contributed by atoms with Crippen LogP contribution in [0.4, 0.5) is 0 Å². The summed E-state index contributed by atoms with van der Waals surface area (Å²) in [6, 6.07) is 9.45. The highest BCUT2D eigenvalue weighted by Gasteiger charge is 2.23. The van der Waals surface area contributed by atoms with Gasteiger partial charge >= 0.3 is 5.97 Å². The summed E-state index contributed by atoms with van der Waals surface area (Å²) in [6.07, 6.45) is 5.86. The van der Waals surface area contributed by atoms with Crippen LogP contribution in [0.1, 0.15) is 69.1 Å². The smallest absolute Gasteiger partial charge is 0.349 e. The minimum atomic E-state index is -0.776. The molecule has 0 N–H and O–H groups in total. The SMILES string of the molecule is CCc1ccc(C(=O)[C@@H](C)OC(=O)c2cc3c(s2)CCCCC3)cc1. The third-order valence-electron chi connectivity index (χ3n) is 4.75. The van der Waals surface area contributed by atoms with Crippen molar-refractivity contribution in [3.05, 3.63) is 56.8 Å². The average molecular weight is 356 g/mol. The van der Waals surface area contributed by atoms with Gasteiger partial charge in [-0.3, -0.25) is 4.79 Å². The number of benzene rings is 1. The summed E-state index contributed by atoms with van der Waals surface area (Å²) in [5, 5.41) is 0. The number of rotatable bonds is 5. The molecule has 3 rings (SSSR count). The van der Waals surface area contributed by atoms with Crippen molar-refractivity contribution in [1.29, 1.82) is 0 Å². The van der Waals surface area contributed by atoms with E-state index in [2.05, 4.69) is 6.92 Å². The zero-order valence-electron chi connectivity index (χ0n) is 14.8. The van der Waals surface area contributed by atoms with Gasteiger partial charge in [0.25, 0.3) is 0 Å². The van der Waals surface area contributed by atoms with Gasteiger partial charge in [-0.25, -0.2) is 4.79 Å². The molecule has 1 atom stereocenters. The maximum atomic E-state index is 12.5. The first-order valence-electron chi connectivity index (χ1n) is 9.04. The number of Topliss-reactive ketones (excluding diaryl/α,β-unsaturated/α-hetero) is 1. The zero-order valence-corrected chi connectivity index (χ0v) is 15.7. The number of hydrogen-bond acceptors (Lipinski definition) is 4.